The second kappa shape index (κ2) is 8.61. The van der Waals surface area contributed by atoms with Gasteiger partial charge in [0, 0.05) is 24.0 Å². The summed E-state index contributed by atoms with van der Waals surface area (Å²) in [6.45, 7) is 0.621. The molecule has 0 spiro atoms. The number of hydrogen-bond acceptors (Lipinski definition) is 4. The van der Waals surface area contributed by atoms with Crippen LogP contribution in [0.3, 0.4) is 0 Å². The van der Waals surface area contributed by atoms with Crippen LogP contribution in [-0.2, 0) is 27.3 Å². The number of carbonyl (C=O) groups is 2. The van der Waals surface area contributed by atoms with Gasteiger partial charge in [-0.05, 0) is 48.4 Å². The van der Waals surface area contributed by atoms with Crippen molar-refractivity contribution in [2.24, 2.45) is 5.73 Å². The lowest BCUT2D eigenvalue weighted by Crippen LogP contribution is -2.13. The molecular formula is C24H26N2O4. The van der Waals surface area contributed by atoms with E-state index in [1.54, 1.807) is 0 Å². The maximum absolute atomic E-state index is 11.6. The summed E-state index contributed by atoms with van der Waals surface area (Å²) in [7, 11) is 1.35. The molecule has 0 bridgehead atoms. The first kappa shape index (κ1) is 20.0. The molecule has 30 heavy (non-hydrogen) atoms. The number of benzene rings is 2. The minimum atomic E-state index is -0.419. The summed E-state index contributed by atoms with van der Waals surface area (Å²) < 4.78 is 12.9. The van der Waals surface area contributed by atoms with E-state index in [9.17, 15) is 9.59 Å². The van der Waals surface area contributed by atoms with E-state index in [2.05, 4.69) is 22.8 Å². The molecule has 1 atom stereocenters. The van der Waals surface area contributed by atoms with Crippen LogP contribution in [0.25, 0.3) is 10.9 Å². The molecule has 2 aromatic carbocycles. The molecule has 4 rings (SSSR count). The molecule has 1 aliphatic carbocycles. The van der Waals surface area contributed by atoms with Gasteiger partial charge in [0.25, 0.3) is 0 Å². The smallest absolute Gasteiger partial charge is 0.343 e. The van der Waals surface area contributed by atoms with Crippen molar-refractivity contribution in [2.45, 2.75) is 38.1 Å². The molecule has 0 aliphatic heterocycles. The molecule has 156 valence electrons. The standard InChI is InChI=1S/C24H26N2O4/c1-29-22(28)15-30-20-9-5-8-18-24(20)23-17(11-13-21(25)27)10-12-19(23)26(18)14-16-6-3-2-4-7-16/h2-9,17H,10-15H2,1H3,(H2,25,27). The van der Waals surface area contributed by atoms with Crippen molar-refractivity contribution in [3.8, 4) is 5.75 Å². The Bertz CT molecular complexity index is 1070. The third-order valence-electron chi connectivity index (χ3n) is 5.83. The van der Waals surface area contributed by atoms with Crippen LogP contribution >= 0.6 is 0 Å². The van der Waals surface area contributed by atoms with Gasteiger partial charge in [-0.15, -0.1) is 0 Å². The van der Waals surface area contributed by atoms with Crippen LogP contribution in [0, 0.1) is 0 Å². The number of nitrogens with two attached hydrogens (primary N) is 1. The van der Waals surface area contributed by atoms with Crippen LogP contribution in [0.2, 0.25) is 0 Å². The third kappa shape index (κ3) is 3.90. The lowest BCUT2D eigenvalue weighted by Gasteiger charge is -2.13. The van der Waals surface area contributed by atoms with Gasteiger partial charge < -0.3 is 19.8 Å². The first-order chi connectivity index (χ1) is 14.6. The van der Waals surface area contributed by atoms with Gasteiger partial charge in [0.2, 0.25) is 5.91 Å². The molecule has 6 nitrogen and oxygen atoms in total. The summed E-state index contributed by atoms with van der Waals surface area (Å²) in [6.07, 6.45) is 3.00. The van der Waals surface area contributed by atoms with Gasteiger partial charge in [-0.25, -0.2) is 4.79 Å². The molecule has 0 saturated carbocycles. The van der Waals surface area contributed by atoms with Crippen LogP contribution in [0.4, 0.5) is 0 Å². The van der Waals surface area contributed by atoms with Crippen LogP contribution in [0.5, 0.6) is 5.75 Å². The fourth-order valence-corrected chi connectivity index (χ4v) is 4.48. The second-order valence-corrected chi connectivity index (χ2v) is 7.69. The predicted octanol–water partition coefficient (Wildman–Crippen LogP) is 3.54. The van der Waals surface area contributed by atoms with E-state index >= 15 is 0 Å². The summed E-state index contributed by atoms with van der Waals surface area (Å²) >= 11 is 0. The van der Waals surface area contributed by atoms with Gasteiger partial charge in [0.15, 0.2) is 6.61 Å². The van der Waals surface area contributed by atoms with Gasteiger partial charge >= 0.3 is 5.97 Å². The molecule has 0 radical (unpaired) electrons. The molecule has 1 unspecified atom stereocenters. The Hall–Kier alpha value is -3.28. The van der Waals surface area contributed by atoms with Crippen molar-refractivity contribution in [2.75, 3.05) is 13.7 Å². The highest BCUT2D eigenvalue weighted by atomic mass is 16.6. The zero-order chi connectivity index (χ0) is 21.1. The predicted molar refractivity (Wildman–Crippen MR) is 114 cm³/mol. The normalized spacial score (nSPS) is 15.2. The SMILES string of the molecule is COC(=O)COc1cccc2c1c1c(n2Cc2ccccc2)CCC1CCC(N)=O. The Labute approximate surface area is 175 Å². The van der Waals surface area contributed by atoms with E-state index in [0.717, 1.165) is 36.7 Å². The summed E-state index contributed by atoms with van der Waals surface area (Å²) in [6, 6.07) is 16.3. The number of nitrogens with zero attached hydrogens (tertiary/aromatic N) is 1. The van der Waals surface area contributed by atoms with E-state index < -0.39 is 5.97 Å². The third-order valence-corrected chi connectivity index (χ3v) is 5.83. The van der Waals surface area contributed by atoms with Crippen LogP contribution in [0.1, 0.15) is 42.0 Å². The molecule has 1 aliphatic rings. The van der Waals surface area contributed by atoms with E-state index in [1.807, 2.05) is 30.3 Å². The zero-order valence-electron chi connectivity index (χ0n) is 17.1. The Morgan fingerprint density at radius 1 is 1.13 bits per heavy atom. The fourth-order valence-electron chi connectivity index (χ4n) is 4.48. The number of carbonyl (C=O) groups excluding carboxylic acids is 2. The molecular weight excluding hydrogens is 380 g/mol. The van der Waals surface area contributed by atoms with Gasteiger partial charge in [0.05, 0.1) is 12.6 Å². The Morgan fingerprint density at radius 3 is 2.67 bits per heavy atom. The number of fused-ring (bicyclic) bond motifs is 3. The first-order valence-electron chi connectivity index (χ1n) is 10.2. The van der Waals surface area contributed by atoms with E-state index in [0.29, 0.717) is 12.2 Å². The molecule has 2 N–H and O–H groups in total. The minimum absolute atomic E-state index is 0.139. The first-order valence-corrected chi connectivity index (χ1v) is 10.2. The number of rotatable bonds is 8. The largest absolute Gasteiger partial charge is 0.481 e. The molecule has 1 aromatic heterocycles. The lowest BCUT2D eigenvalue weighted by atomic mass is 9.94. The number of esters is 1. The molecule has 3 aromatic rings. The average molecular weight is 406 g/mol. The van der Waals surface area contributed by atoms with Crippen molar-refractivity contribution < 1.29 is 19.1 Å². The van der Waals surface area contributed by atoms with Crippen molar-refractivity contribution >= 4 is 22.8 Å². The van der Waals surface area contributed by atoms with Gasteiger partial charge in [0.1, 0.15) is 5.75 Å². The highest BCUT2D eigenvalue weighted by molar-refractivity contribution is 5.93. The van der Waals surface area contributed by atoms with Crippen LogP contribution in [0.15, 0.2) is 48.5 Å². The summed E-state index contributed by atoms with van der Waals surface area (Å²) in [5, 5.41) is 1.03. The van der Waals surface area contributed by atoms with E-state index in [-0.39, 0.29) is 18.4 Å². The zero-order valence-corrected chi connectivity index (χ0v) is 17.1. The van der Waals surface area contributed by atoms with Crippen LogP contribution in [-0.4, -0.2) is 30.2 Å². The maximum atomic E-state index is 11.6. The van der Waals surface area contributed by atoms with E-state index in [1.165, 1.54) is 23.9 Å². The van der Waals surface area contributed by atoms with Crippen LogP contribution < -0.4 is 10.5 Å². The lowest BCUT2D eigenvalue weighted by molar-refractivity contribution is -0.142. The quantitative estimate of drug-likeness (QED) is 0.580. The summed E-state index contributed by atoms with van der Waals surface area (Å²) in [5.41, 5.74) is 10.2. The Kier molecular flexibility index (Phi) is 5.74. The fraction of sp³-hybridized carbons (Fsp3) is 0.333. The molecule has 1 amide bonds. The Balaban J connectivity index is 1.80. The van der Waals surface area contributed by atoms with Crippen molar-refractivity contribution in [1.29, 1.82) is 0 Å². The van der Waals surface area contributed by atoms with Gasteiger partial charge in [-0.2, -0.15) is 0 Å². The summed E-state index contributed by atoms with van der Waals surface area (Å²) in [4.78, 5) is 23.0. The Morgan fingerprint density at radius 2 is 1.93 bits per heavy atom. The highest BCUT2D eigenvalue weighted by Crippen LogP contribution is 2.46. The van der Waals surface area contributed by atoms with Crippen molar-refractivity contribution in [3.63, 3.8) is 0 Å². The monoisotopic (exact) mass is 406 g/mol. The summed E-state index contributed by atoms with van der Waals surface area (Å²) in [5.74, 6) is 0.220. The topological polar surface area (TPSA) is 83.6 Å². The second-order valence-electron chi connectivity index (χ2n) is 7.69. The molecule has 0 fully saturated rings. The average Bonchev–Trinajstić information content (AvgIpc) is 3.30. The maximum Gasteiger partial charge on any atom is 0.343 e. The number of methoxy groups -OCH3 is 1. The van der Waals surface area contributed by atoms with Crippen molar-refractivity contribution in [1.82, 2.24) is 4.57 Å². The number of primary amides is 1. The van der Waals surface area contributed by atoms with Gasteiger partial charge in [-0.3, -0.25) is 4.79 Å². The number of ether oxygens (including phenoxy) is 2. The van der Waals surface area contributed by atoms with Gasteiger partial charge in [-0.1, -0.05) is 36.4 Å². The molecule has 0 saturated heterocycles. The highest BCUT2D eigenvalue weighted by Gasteiger charge is 2.31. The number of aromatic nitrogens is 1. The number of amides is 1. The van der Waals surface area contributed by atoms with E-state index in [4.69, 9.17) is 15.2 Å². The minimum Gasteiger partial charge on any atom is -0.481 e. The van der Waals surface area contributed by atoms with Crippen molar-refractivity contribution in [3.05, 3.63) is 65.4 Å². The molecule has 1 heterocycles. The molecule has 6 heteroatoms. The number of hydrogen-bond donors (Lipinski definition) is 1.